The van der Waals surface area contributed by atoms with Gasteiger partial charge in [-0.25, -0.2) is 9.18 Å². The second kappa shape index (κ2) is 6.49. The highest BCUT2D eigenvalue weighted by molar-refractivity contribution is 9.10. The van der Waals surface area contributed by atoms with Crippen molar-refractivity contribution in [3.8, 4) is 0 Å². The van der Waals surface area contributed by atoms with E-state index in [9.17, 15) is 19.1 Å². The minimum absolute atomic E-state index is 0.000277. The summed E-state index contributed by atoms with van der Waals surface area (Å²) in [7, 11) is 0. The second-order valence-corrected chi connectivity index (χ2v) is 5.05. The summed E-state index contributed by atoms with van der Waals surface area (Å²) in [5.74, 6) is -2.45. The first-order valence-electron chi connectivity index (χ1n) is 6.03. The van der Waals surface area contributed by atoms with Gasteiger partial charge in [0, 0.05) is 0 Å². The number of rotatable bonds is 4. The highest BCUT2D eigenvalue weighted by Crippen LogP contribution is 2.21. The summed E-state index contributed by atoms with van der Waals surface area (Å²) in [5.41, 5.74) is 0.475. The van der Waals surface area contributed by atoms with Gasteiger partial charge in [-0.3, -0.25) is 4.79 Å². The molecule has 0 unspecified atom stereocenters. The van der Waals surface area contributed by atoms with Crippen LogP contribution >= 0.6 is 15.9 Å². The minimum atomic E-state index is -1.20. The van der Waals surface area contributed by atoms with Crippen LogP contribution in [0.25, 0.3) is 0 Å². The van der Waals surface area contributed by atoms with Crippen LogP contribution in [0.3, 0.4) is 0 Å². The van der Waals surface area contributed by atoms with Crippen molar-refractivity contribution in [3.63, 3.8) is 0 Å². The molecule has 0 aromatic heterocycles. The van der Waals surface area contributed by atoms with Gasteiger partial charge in [0.05, 0.1) is 10.0 Å². The quantitative estimate of drug-likeness (QED) is 0.889. The van der Waals surface area contributed by atoms with Crippen LogP contribution < -0.4 is 5.32 Å². The molecule has 0 bridgehead atoms. The molecular weight excluding hydrogens is 341 g/mol. The molecule has 2 aromatic rings. The van der Waals surface area contributed by atoms with Gasteiger partial charge in [-0.05, 0) is 33.6 Å². The fourth-order valence-electron chi connectivity index (χ4n) is 1.82. The molecule has 2 N–H and O–H groups in total. The van der Waals surface area contributed by atoms with Crippen molar-refractivity contribution in [1.29, 1.82) is 0 Å². The summed E-state index contributed by atoms with van der Waals surface area (Å²) in [6.07, 6.45) is 0. The summed E-state index contributed by atoms with van der Waals surface area (Å²) in [6, 6.07) is 11.1. The van der Waals surface area contributed by atoms with Gasteiger partial charge in [0.25, 0.3) is 5.91 Å². The standard InChI is InChI=1S/C15H11BrFNO3/c16-12-10(7-4-8-11(12)17)14(19)18-13(15(20)21)9-5-2-1-3-6-9/h1-8,13H,(H,18,19)(H,20,21)/t13-/m1/s1. The Kier molecular flexibility index (Phi) is 4.70. The van der Waals surface area contributed by atoms with Gasteiger partial charge in [0.2, 0.25) is 0 Å². The molecule has 0 aliphatic rings. The Balaban J connectivity index is 2.28. The molecule has 108 valence electrons. The fraction of sp³-hybridized carbons (Fsp3) is 0.0667. The molecule has 0 heterocycles. The van der Waals surface area contributed by atoms with Gasteiger partial charge in [-0.15, -0.1) is 0 Å². The molecule has 2 aromatic carbocycles. The lowest BCUT2D eigenvalue weighted by molar-refractivity contribution is -0.139. The Morgan fingerprint density at radius 3 is 2.38 bits per heavy atom. The van der Waals surface area contributed by atoms with E-state index < -0.39 is 23.7 Å². The number of carbonyl (C=O) groups excluding carboxylic acids is 1. The average Bonchev–Trinajstić information content (AvgIpc) is 2.48. The van der Waals surface area contributed by atoms with Crippen molar-refractivity contribution in [2.75, 3.05) is 0 Å². The van der Waals surface area contributed by atoms with Gasteiger partial charge in [0.15, 0.2) is 6.04 Å². The van der Waals surface area contributed by atoms with Crippen LogP contribution in [0.2, 0.25) is 0 Å². The van der Waals surface area contributed by atoms with Crippen LogP contribution in [0.5, 0.6) is 0 Å². The fourth-order valence-corrected chi connectivity index (χ4v) is 2.27. The van der Waals surface area contributed by atoms with Crippen molar-refractivity contribution in [2.24, 2.45) is 0 Å². The molecule has 2 rings (SSSR count). The van der Waals surface area contributed by atoms with Crippen LogP contribution in [0.15, 0.2) is 53.0 Å². The molecule has 1 amide bonds. The molecule has 0 fully saturated rings. The van der Waals surface area contributed by atoms with Gasteiger partial charge in [-0.2, -0.15) is 0 Å². The van der Waals surface area contributed by atoms with Crippen molar-refractivity contribution < 1.29 is 19.1 Å². The van der Waals surface area contributed by atoms with Crippen LogP contribution in [-0.4, -0.2) is 17.0 Å². The van der Waals surface area contributed by atoms with Crippen LogP contribution in [0.1, 0.15) is 22.0 Å². The van der Waals surface area contributed by atoms with Gasteiger partial charge in [0.1, 0.15) is 5.82 Å². The maximum atomic E-state index is 13.4. The highest BCUT2D eigenvalue weighted by Gasteiger charge is 2.23. The number of hydrogen-bond acceptors (Lipinski definition) is 2. The van der Waals surface area contributed by atoms with E-state index in [0.29, 0.717) is 5.56 Å². The highest BCUT2D eigenvalue weighted by atomic mass is 79.9. The number of halogens is 2. The van der Waals surface area contributed by atoms with E-state index in [-0.39, 0.29) is 10.0 Å². The molecule has 4 nitrogen and oxygen atoms in total. The second-order valence-electron chi connectivity index (χ2n) is 4.26. The molecule has 0 saturated carbocycles. The number of carboxylic acid groups (broad SMARTS) is 1. The molecule has 0 aliphatic heterocycles. The predicted molar refractivity (Wildman–Crippen MR) is 78.4 cm³/mol. The number of amides is 1. The first kappa shape index (κ1) is 15.2. The zero-order chi connectivity index (χ0) is 15.4. The van der Waals surface area contributed by atoms with Gasteiger partial charge in [-0.1, -0.05) is 36.4 Å². The molecule has 0 spiro atoms. The van der Waals surface area contributed by atoms with E-state index in [0.717, 1.165) is 0 Å². The summed E-state index contributed by atoms with van der Waals surface area (Å²) in [5, 5.41) is 11.6. The predicted octanol–water partition coefficient (Wildman–Crippen LogP) is 3.14. The number of benzene rings is 2. The molecule has 0 saturated heterocycles. The molecular formula is C15H11BrFNO3. The lowest BCUT2D eigenvalue weighted by atomic mass is 10.1. The number of nitrogens with one attached hydrogen (secondary N) is 1. The third-order valence-corrected chi connectivity index (χ3v) is 3.66. The van der Waals surface area contributed by atoms with E-state index in [4.69, 9.17) is 0 Å². The molecule has 6 heteroatoms. The maximum Gasteiger partial charge on any atom is 0.330 e. The zero-order valence-electron chi connectivity index (χ0n) is 10.7. The Bertz CT molecular complexity index is 676. The Morgan fingerprint density at radius 2 is 1.76 bits per heavy atom. The summed E-state index contributed by atoms with van der Waals surface area (Å²) in [4.78, 5) is 23.5. The van der Waals surface area contributed by atoms with Crippen LogP contribution in [0.4, 0.5) is 4.39 Å². The largest absolute Gasteiger partial charge is 0.479 e. The normalized spacial score (nSPS) is 11.7. The van der Waals surface area contributed by atoms with E-state index in [2.05, 4.69) is 21.2 Å². The Labute approximate surface area is 128 Å². The maximum absolute atomic E-state index is 13.4. The number of hydrogen-bond donors (Lipinski definition) is 2. The van der Waals surface area contributed by atoms with Crippen molar-refractivity contribution in [3.05, 3.63) is 69.9 Å². The summed E-state index contributed by atoms with van der Waals surface area (Å²) >= 11 is 2.98. The summed E-state index contributed by atoms with van der Waals surface area (Å²) in [6.45, 7) is 0. The van der Waals surface area contributed by atoms with Gasteiger partial charge >= 0.3 is 5.97 Å². The smallest absolute Gasteiger partial charge is 0.330 e. The number of carboxylic acids is 1. The average molecular weight is 352 g/mol. The first-order valence-corrected chi connectivity index (χ1v) is 6.82. The van der Waals surface area contributed by atoms with Gasteiger partial charge < -0.3 is 10.4 Å². The van der Waals surface area contributed by atoms with E-state index in [1.165, 1.54) is 18.2 Å². The van der Waals surface area contributed by atoms with E-state index in [1.807, 2.05) is 0 Å². The molecule has 0 aliphatic carbocycles. The van der Waals surface area contributed by atoms with Crippen molar-refractivity contribution in [1.82, 2.24) is 5.32 Å². The van der Waals surface area contributed by atoms with Crippen LogP contribution in [0, 0.1) is 5.82 Å². The Morgan fingerprint density at radius 1 is 1.10 bits per heavy atom. The first-order chi connectivity index (χ1) is 10.0. The lowest BCUT2D eigenvalue weighted by Gasteiger charge is -2.15. The van der Waals surface area contributed by atoms with E-state index >= 15 is 0 Å². The van der Waals surface area contributed by atoms with Crippen molar-refractivity contribution >= 4 is 27.8 Å². The SMILES string of the molecule is O=C(N[C@@H](C(=O)O)c1ccccc1)c1cccc(F)c1Br. The van der Waals surface area contributed by atoms with E-state index in [1.54, 1.807) is 30.3 Å². The van der Waals surface area contributed by atoms with Crippen LogP contribution in [-0.2, 0) is 4.79 Å². The molecule has 21 heavy (non-hydrogen) atoms. The minimum Gasteiger partial charge on any atom is -0.479 e. The zero-order valence-corrected chi connectivity index (χ0v) is 12.3. The van der Waals surface area contributed by atoms with Crippen molar-refractivity contribution in [2.45, 2.75) is 6.04 Å². The lowest BCUT2D eigenvalue weighted by Crippen LogP contribution is -2.34. The monoisotopic (exact) mass is 351 g/mol. The summed E-state index contributed by atoms with van der Waals surface area (Å²) < 4.78 is 13.4. The third-order valence-electron chi connectivity index (χ3n) is 2.85. The molecule has 1 atom stereocenters. The topological polar surface area (TPSA) is 66.4 Å². The third kappa shape index (κ3) is 3.46. The number of aliphatic carboxylic acids is 1. The number of carbonyl (C=O) groups is 2. The molecule has 0 radical (unpaired) electrons. The Hall–Kier alpha value is -2.21.